The summed E-state index contributed by atoms with van der Waals surface area (Å²) in [5, 5.41) is 23.4. The third-order valence-electron chi connectivity index (χ3n) is 16.0. The number of nitrogens with one attached hydrogen (secondary N) is 1. The number of esters is 1. The Morgan fingerprint density at radius 3 is 1.05 bits per heavy atom. The summed E-state index contributed by atoms with van der Waals surface area (Å²) in [7, 11) is 0. The summed E-state index contributed by atoms with van der Waals surface area (Å²) in [4.78, 5) is 24.6. The molecule has 75 heavy (non-hydrogen) atoms. The van der Waals surface area contributed by atoms with Gasteiger partial charge in [0.1, 0.15) is 0 Å². The largest absolute Gasteiger partial charge is 0.466 e. The molecule has 444 valence electrons. The van der Waals surface area contributed by atoms with Crippen molar-refractivity contribution in [2.75, 3.05) is 13.2 Å². The van der Waals surface area contributed by atoms with Gasteiger partial charge in [0.05, 0.1) is 25.4 Å². The molecule has 0 aromatic rings. The summed E-state index contributed by atoms with van der Waals surface area (Å²) in [6.45, 7) is 4.94. The molecule has 0 heterocycles. The number of carbonyl (C=O) groups excluding carboxylic acids is 2. The van der Waals surface area contributed by atoms with Crippen LogP contribution in [0, 0.1) is 0 Å². The van der Waals surface area contributed by atoms with Gasteiger partial charge in [0.25, 0.3) is 0 Å². The van der Waals surface area contributed by atoms with Crippen LogP contribution < -0.4 is 5.32 Å². The third kappa shape index (κ3) is 61.4. The van der Waals surface area contributed by atoms with E-state index in [9.17, 15) is 19.8 Å². The Balaban J connectivity index is 3.38. The molecular weight excluding hydrogens is 923 g/mol. The summed E-state index contributed by atoms with van der Waals surface area (Å²) >= 11 is 0. The van der Waals surface area contributed by atoms with Gasteiger partial charge in [-0.25, -0.2) is 0 Å². The molecule has 2 atom stereocenters. The molecule has 6 nitrogen and oxygen atoms in total. The van der Waals surface area contributed by atoms with Crippen LogP contribution >= 0.6 is 0 Å². The average Bonchev–Trinajstić information content (AvgIpc) is 3.41. The van der Waals surface area contributed by atoms with Gasteiger partial charge < -0.3 is 20.3 Å². The first kappa shape index (κ1) is 73.3. The molecule has 0 saturated heterocycles. The number of rotatable bonds is 64. The maximum absolute atomic E-state index is 12.5. The van der Waals surface area contributed by atoms with E-state index in [1.54, 1.807) is 0 Å². The predicted octanol–water partition coefficient (Wildman–Crippen LogP) is 21.8. The molecule has 6 heteroatoms. The van der Waals surface area contributed by atoms with Crippen LogP contribution in [0.4, 0.5) is 0 Å². The number of ether oxygens (including phenoxy) is 1. The van der Waals surface area contributed by atoms with Crippen LogP contribution in [-0.2, 0) is 14.3 Å². The number of allylic oxidation sites excluding steroid dienone is 4. The van der Waals surface area contributed by atoms with Gasteiger partial charge in [-0.1, -0.05) is 340 Å². The molecule has 0 fully saturated rings. The van der Waals surface area contributed by atoms with E-state index in [0.29, 0.717) is 25.9 Å². The van der Waals surface area contributed by atoms with Crippen molar-refractivity contribution in [3.8, 4) is 0 Å². The van der Waals surface area contributed by atoms with Crippen LogP contribution in [0.25, 0.3) is 0 Å². The zero-order valence-electron chi connectivity index (χ0n) is 50.8. The summed E-state index contributed by atoms with van der Waals surface area (Å²) in [5.74, 6) is -0.0299. The lowest BCUT2D eigenvalue weighted by molar-refractivity contribution is -0.143. The fraction of sp³-hybridized carbons (Fsp3) is 0.913. The molecule has 0 aromatic carbocycles. The highest BCUT2D eigenvalue weighted by atomic mass is 16.5. The number of hydrogen-bond acceptors (Lipinski definition) is 5. The number of aliphatic hydroxyl groups is 2. The molecule has 1 amide bonds. The molecule has 0 spiro atoms. The second-order valence-corrected chi connectivity index (χ2v) is 23.5. The average molecular weight is 1060 g/mol. The minimum atomic E-state index is -0.665. The minimum absolute atomic E-state index is 0.000552. The number of hydrogen-bond donors (Lipinski definition) is 3. The molecule has 3 N–H and O–H groups in total. The third-order valence-corrected chi connectivity index (χ3v) is 16.0. The van der Waals surface area contributed by atoms with E-state index < -0.39 is 12.1 Å². The molecule has 0 saturated carbocycles. The van der Waals surface area contributed by atoms with Crippen LogP contribution in [0.5, 0.6) is 0 Å². The smallest absolute Gasteiger partial charge is 0.305 e. The first-order valence-corrected chi connectivity index (χ1v) is 34.1. The van der Waals surface area contributed by atoms with Crippen LogP contribution in [-0.4, -0.2) is 47.4 Å². The van der Waals surface area contributed by atoms with E-state index in [1.807, 2.05) is 0 Å². The van der Waals surface area contributed by atoms with Crippen LogP contribution in [0.3, 0.4) is 0 Å². The Morgan fingerprint density at radius 1 is 0.373 bits per heavy atom. The second kappa shape index (κ2) is 64.9. The van der Waals surface area contributed by atoms with Gasteiger partial charge in [-0.2, -0.15) is 0 Å². The first-order valence-electron chi connectivity index (χ1n) is 34.1. The van der Waals surface area contributed by atoms with Crippen LogP contribution in [0.2, 0.25) is 0 Å². The number of aliphatic hydroxyl groups excluding tert-OH is 2. The SMILES string of the molecule is CCCC/C=C\C/C=C\CCCCCCCC(=O)OCCCCCCCCCCCCCCCCCCCCCCCCCC(=O)NC(CO)C(O)CCCCCCCCCCCCCCCCCCCCCCC. The van der Waals surface area contributed by atoms with Crippen LogP contribution in [0.1, 0.15) is 380 Å². The van der Waals surface area contributed by atoms with Crippen molar-refractivity contribution in [1.82, 2.24) is 5.32 Å². The summed E-state index contributed by atoms with van der Waals surface area (Å²) in [6, 6.07) is -0.542. The number of unbranched alkanes of at least 4 members (excludes halogenated alkanes) is 49. The predicted molar refractivity (Wildman–Crippen MR) is 329 cm³/mol. The van der Waals surface area contributed by atoms with Crippen molar-refractivity contribution in [2.24, 2.45) is 0 Å². The monoisotopic (exact) mass is 1060 g/mol. The molecule has 0 radical (unpaired) electrons. The molecule has 0 rings (SSSR count). The Labute approximate surface area is 469 Å². The highest BCUT2D eigenvalue weighted by Crippen LogP contribution is 2.19. The summed E-state index contributed by atoms with van der Waals surface area (Å²) in [6.07, 6.45) is 80.7. The van der Waals surface area contributed by atoms with Crippen molar-refractivity contribution >= 4 is 11.9 Å². The molecule has 0 aliphatic rings. The Morgan fingerprint density at radius 2 is 0.680 bits per heavy atom. The van der Waals surface area contributed by atoms with Gasteiger partial charge in [0.15, 0.2) is 0 Å². The van der Waals surface area contributed by atoms with Gasteiger partial charge in [-0.15, -0.1) is 0 Å². The zero-order chi connectivity index (χ0) is 54.3. The Bertz CT molecular complexity index is 1170. The normalized spacial score (nSPS) is 12.6. The van der Waals surface area contributed by atoms with E-state index in [-0.39, 0.29) is 18.5 Å². The first-order chi connectivity index (χ1) is 37.0. The topological polar surface area (TPSA) is 95.9 Å². The lowest BCUT2D eigenvalue weighted by Gasteiger charge is -2.22. The van der Waals surface area contributed by atoms with E-state index in [1.165, 1.54) is 295 Å². The highest BCUT2D eigenvalue weighted by molar-refractivity contribution is 5.76. The van der Waals surface area contributed by atoms with Gasteiger partial charge in [-0.05, 0) is 51.4 Å². The molecule has 0 bridgehead atoms. The summed E-state index contributed by atoms with van der Waals surface area (Å²) < 4.78 is 5.48. The summed E-state index contributed by atoms with van der Waals surface area (Å²) in [5.41, 5.74) is 0. The van der Waals surface area contributed by atoms with Gasteiger partial charge >= 0.3 is 5.97 Å². The molecule has 0 aromatic heterocycles. The molecule has 0 aliphatic carbocycles. The lowest BCUT2D eigenvalue weighted by Crippen LogP contribution is -2.45. The fourth-order valence-corrected chi connectivity index (χ4v) is 10.8. The van der Waals surface area contributed by atoms with Crippen molar-refractivity contribution in [3.05, 3.63) is 24.3 Å². The van der Waals surface area contributed by atoms with Gasteiger partial charge in [0, 0.05) is 12.8 Å². The Kier molecular flexibility index (Phi) is 63.4. The van der Waals surface area contributed by atoms with Crippen molar-refractivity contribution in [3.63, 3.8) is 0 Å². The zero-order valence-corrected chi connectivity index (χ0v) is 50.8. The van der Waals surface area contributed by atoms with Gasteiger partial charge in [-0.3, -0.25) is 9.59 Å². The van der Waals surface area contributed by atoms with Gasteiger partial charge in [0.2, 0.25) is 5.91 Å². The van der Waals surface area contributed by atoms with Crippen molar-refractivity contribution < 1.29 is 24.5 Å². The van der Waals surface area contributed by atoms with Crippen molar-refractivity contribution in [1.29, 1.82) is 0 Å². The van der Waals surface area contributed by atoms with Crippen LogP contribution in [0.15, 0.2) is 24.3 Å². The standard InChI is InChI=1S/C69H133NO5/c1-3-5-7-9-11-13-15-17-19-20-21-25-28-31-34-37-41-45-49-53-57-61-67(72)66(65-71)70-68(73)62-58-54-50-46-42-38-35-32-29-26-23-22-24-27-30-33-36-40-44-48-52-56-60-64-75-69(74)63-59-55-51-47-43-39-18-16-14-12-10-8-6-4-2/h10,12,16,18,66-67,71-72H,3-9,11,13-15,17,19-65H2,1-2H3,(H,70,73)/b12-10-,18-16-. The maximum Gasteiger partial charge on any atom is 0.305 e. The highest BCUT2D eigenvalue weighted by Gasteiger charge is 2.20. The van der Waals surface area contributed by atoms with E-state index in [4.69, 9.17) is 4.74 Å². The second-order valence-electron chi connectivity index (χ2n) is 23.5. The molecule has 0 aliphatic heterocycles. The van der Waals surface area contributed by atoms with E-state index in [0.717, 1.165) is 51.4 Å². The quantitative estimate of drug-likeness (QED) is 0.0320. The number of carbonyl (C=O) groups is 2. The Hall–Kier alpha value is -1.66. The van der Waals surface area contributed by atoms with Crippen molar-refractivity contribution in [2.45, 2.75) is 392 Å². The molecular formula is C69H133NO5. The maximum atomic E-state index is 12.5. The fourth-order valence-electron chi connectivity index (χ4n) is 10.8. The van der Waals surface area contributed by atoms with E-state index in [2.05, 4.69) is 43.5 Å². The molecule has 2 unspecified atom stereocenters. The lowest BCUT2D eigenvalue weighted by atomic mass is 10.0. The minimum Gasteiger partial charge on any atom is -0.466 e. The number of amides is 1. The van der Waals surface area contributed by atoms with E-state index >= 15 is 0 Å².